The van der Waals surface area contributed by atoms with E-state index in [0.29, 0.717) is 5.92 Å². The molecular weight excluding hydrogens is 278 g/mol. The van der Waals surface area contributed by atoms with Crippen molar-refractivity contribution in [2.24, 2.45) is 0 Å². The van der Waals surface area contributed by atoms with Gasteiger partial charge in [0.2, 0.25) is 5.95 Å². The standard InChI is InChI=1S/C15H21N7.H2/c1-21-6-8-22(9-7-21)15-16-5-4-13(18-15)17-14-10-12(19-20-14)11-2-3-11;/h4-5,10-11H,2-3,6-9H2,1H3,(H2,16,17,18,19,20);1H. The van der Waals surface area contributed by atoms with E-state index in [1.54, 1.807) is 6.20 Å². The molecule has 1 aliphatic carbocycles. The highest BCUT2D eigenvalue weighted by atomic mass is 15.3. The second-order valence-electron chi connectivity index (χ2n) is 6.14. The smallest absolute Gasteiger partial charge is 0.227 e. The number of anilines is 3. The van der Waals surface area contributed by atoms with E-state index in [1.807, 2.05) is 6.07 Å². The fourth-order valence-electron chi connectivity index (χ4n) is 2.71. The molecule has 0 unspecified atom stereocenters. The van der Waals surface area contributed by atoms with Gasteiger partial charge in [-0.15, -0.1) is 0 Å². The van der Waals surface area contributed by atoms with E-state index in [0.717, 1.165) is 43.8 Å². The monoisotopic (exact) mass is 301 g/mol. The van der Waals surface area contributed by atoms with Gasteiger partial charge in [0, 0.05) is 51.5 Å². The minimum absolute atomic E-state index is 0. The maximum Gasteiger partial charge on any atom is 0.227 e. The van der Waals surface area contributed by atoms with Crippen LogP contribution in [-0.2, 0) is 0 Å². The minimum atomic E-state index is 0. The molecule has 118 valence electrons. The van der Waals surface area contributed by atoms with Crippen LogP contribution >= 0.6 is 0 Å². The van der Waals surface area contributed by atoms with E-state index in [4.69, 9.17) is 0 Å². The zero-order chi connectivity index (χ0) is 14.9. The zero-order valence-electron chi connectivity index (χ0n) is 12.8. The van der Waals surface area contributed by atoms with Gasteiger partial charge in [0.25, 0.3) is 0 Å². The van der Waals surface area contributed by atoms with Crippen molar-refractivity contribution in [1.29, 1.82) is 0 Å². The first-order valence-corrected chi connectivity index (χ1v) is 7.87. The van der Waals surface area contributed by atoms with E-state index in [1.165, 1.54) is 18.5 Å². The molecule has 7 heteroatoms. The lowest BCUT2D eigenvalue weighted by molar-refractivity contribution is 0.311. The molecule has 7 nitrogen and oxygen atoms in total. The van der Waals surface area contributed by atoms with Crippen LogP contribution in [0.1, 0.15) is 25.9 Å². The van der Waals surface area contributed by atoms with Crippen molar-refractivity contribution in [1.82, 2.24) is 25.1 Å². The fraction of sp³-hybridized carbons (Fsp3) is 0.533. The second kappa shape index (κ2) is 5.57. The Morgan fingerprint density at radius 1 is 1.23 bits per heavy atom. The lowest BCUT2D eigenvalue weighted by Gasteiger charge is -2.32. The highest BCUT2D eigenvalue weighted by molar-refractivity contribution is 5.53. The van der Waals surface area contributed by atoms with Crippen molar-refractivity contribution in [3.05, 3.63) is 24.0 Å². The predicted molar refractivity (Wildman–Crippen MR) is 87.7 cm³/mol. The maximum atomic E-state index is 4.62. The van der Waals surface area contributed by atoms with Crippen LogP contribution in [-0.4, -0.2) is 58.3 Å². The number of hydrogen-bond donors (Lipinski definition) is 2. The van der Waals surface area contributed by atoms with Crippen LogP contribution in [0.4, 0.5) is 17.6 Å². The summed E-state index contributed by atoms with van der Waals surface area (Å²) in [5.74, 6) is 3.08. The Kier molecular flexibility index (Phi) is 3.42. The topological polar surface area (TPSA) is 73.0 Å². The summed E-state index contributed by atoms with van der Waals surface area (Å²) in [6, 6.07) is 3.96. The van der Waals surface area contributed by atoms with Gasteiger partial charge in [-0.25, -0.2) is 4.98 Å². The largest absolute Gasteiger partial charge is 0.338 e. The fourth-order valence-corrected chi connectivity index (χ4v) is 2.71. The van der Waals surface area contributed by atoms with Crippen molar-refractivity contribution in [3.8, 4) is 0 Å². The Morgan fingerprint density at radius 2 is 2.05 bits per heavy atom. The quantitative estimate of drug-likeness (QED) is 0.897. The zero-order valence-corrected chi connectivity index (χ0v) is 12.8. The van der Waals surface area contributed by atoms with Gasteiger partial charge in [-0.2, -0.15) is 10.1 Å². The van der Waals surface area contributed by atoms with E-state index in [9.17, 15) is 0 Å². The van der Waals surface area contributed by atoms with Crippen molar-refractivity contribution in [2.75, 3.05) is 43.4 Å². The normalized spacial score (nSPS) is 19.4. The molecule has 0 spiro atoms. The lowest BCUT2D eigenvalue weighted by Crippen LogP contribution is -2.45. The van der Waals surface area contributed by atoms with Gasteiger partial charge in [0.1, 0.15) is 5.82 Å². The molecule has 0 aromatic carbocycles. The van der Waals surface area contributed by atoms with Crippen LogP contribution in [0.3, 0.4) is 0 Å². The van der Waals surface area contributed by atoms with Gasteiger partial charge in [0.15, 0.2) is 5.82 Å². The number of hydrogen-bond acceptors (Lipinski definition) is 6. The van der Waals surface area contributed by atoms with E-state index >= 15 is 0 Å². The number of likely N-dealkylation sites (N-methyl/N-ethyl adjacent to an activating group) is 1. The number of H-pyrrole nitrogens is 1. The highest BCUT2D eigenvalue weighted by Gasteiger charge is 2.25. The Labute approximate surface area is 131 Å². The third-order valence-electron chi connectivity index (χ3n) is 4.30. The summed E-state index contributed by atoms with van der Waals surface area (Å²) in [6.07, 6.45) is 4.34. The third kappa shape index (κ3) is 2.89. The molecular formula is C15H23N7. The number of piperazine rings is 1. The number of aromatic amines is 1. The molecule has 2 aliphatic rings. The van der Waals surface area contributed by atoms with E-state index in [2.05, 4.69) is 48.4 Å². The number of nitrogens with one attached hydrogen (secondary N) is 2. The summed E-state index contributed by atoms with van der Waals surface area (Å²) >= 11 is 0. The molecule has 0 bridgehead atoms. The first-order valence-electron chi connectivity index (χ1n) is 7.87. The molecule has 3 heterocycles. The molecule has 0 atom stereocenters. The average Bonchev–Trinajstić information content (AvgIpc) is 3.29. The van der Waals surface area contributed by atoms with Gasteiger partial charge < -0.3 is 15.1 Å². The van der Waals surface area contributed by atoms with Crippen molar-refractivity contribution in [3.63, 3.8) is 0 Å². The van der Waals surface area contributed by atoms with Crippen LogP contribution in [0.5, 0.6) is 0 Å². The molecule has 2 fully saturated rings. The van der Waals surface area contributed by atoms with Crippen LogP contribution in [0.2, 0.25) is 0 Å². The molecule has 0 radical (unpaired) electrons. The Hall–Kier alpha value is -2.15. The number of nitrogens with zero attached hydrogens (tertiary/aromatic N) is 5. The summed E-state index contributed by atoms with van der Waals surface area (Å²) in [6.45, 7) is 4.03. The summed E-state index contributed by atoms with van der Waals surface area (Å²) in [5, 5.41) is 10.7. The molecule has 1 saturated heterocycles. The summed E-state index contributed by atoms with van der Waals surface area (Å²) < 4.78 is 0. The van der Waals surface area contributed by atoms with Gasteiger partial charge in [-0.3, -0.25) is 5.10 Å². The number of rotatable bonds is 4. The molecule has 2 aromatic heterocycles. The van der Waals surface area contributed by atoms with Gasteiger partial charge in [0.05, 0.1) is 0 Å². The molecule has 4 rings (SSSR count). The molecule has 1 saturated carbocycles. The SMILES string of the molecule is CN1CCN(c2nccc(Nc3cc(C4CC4)[nH]n3)n2)CC1.[HH]. The van der Waals surface area contributed by atoms with Crippen LogP contribution < -0.4 is 10.2 Å². The predicted octanol–water partition coefficient (Wildman–Crippen LogP) is 1.82. The van der Waals surface area contributed by atoms with E-state index in [-0.39, 0.29) is 1.43 Å². The summed E-state index contributed by atoms with van der Waals surface area (Å²) in [7, 11) is 2.14. The third-order valence-corrected chi connectivity index (χ3v) is 4.30. The summed E-state index contributed by atoms with van der Waals surface area (Å²) in [5.41, 5.74) is 1.22. The van der Waals surface area contributed by atoms with Crippen molar-refractivity contribution in [2.45, 2.75) is 18.8 Å². The molecule has 0 amide bonds. The first kappa shape index (κ1) is 13.5. The molecule has 1 aliphatic heterocycles. The molecule has 2 N–H and O–H groups in total. The van der Waals surface area contributed by atoms with Crippen molar-refractivity contribution >= 4 is 17.6 Å². The second-order valence-corrected chi connectivity index (χ2v) is 6.14. The Balaban J connectivity index is 0.00000156. The van der Waals surface area contributed by atoms with Crippen LogP contribution in [0.15, 0.2) is 18.3 Å². The minimum Gasteiger partial charge on any atom is -0.338 e. The van der Waals surface area contributed by atoms with Gasteiger partial charge >= 0.3 is 0 Å². The number of aromatic nitrogens is 4. The van der Waals surface area contributed by atoms with Crippen LogP contribution in [0, 0.1) is 0 Å². The Morgan fingerprint density at radius 3 is 2.82 bits per heavy atom. The summed E-state index contributed by atoms with van der Waals surface area (Å²) in [4.78, 5) is 13.6. The highest BCUT2D eigenvalue weighted by Crippen LogP contribution is 2.39. The maximum absolute atomic E-state index is 4.62. The molecule has 22 heavy (non-hydrogen) atoms. The Bertz CT molecular complexity index is 647. The van der Waals surface area contributed by atoms with Gasteiger partial charge in [-0.05, 0) is 26.0 Å². The first-order chi connectivity index (χ1) is 10.8. The average molecular weight is 301 g/mol. The van der Waals surface area contributed by atoms with Crippen LogP contribution in [0.25, 0.3) is 0 Å². The lowest BCUT2D eigenvalue weighted by atomic mass is 10.3. The van der Waals surface area contributed by atoms with E-state index < -0.39 is 0 Å². The molecule has 2 aromatic rings. The van der Waals surface area contributed by atoms with Gasteiger partial charge in [-0.1, -0.05) is 0 Å². The van der Waals surface area contributed by atoms with Crippen molar-refractivity contribution < 1.29 is 1.43 Å².